The summed E-state index contributed by atoms with van der Waals surface area (Å²) in [5.74, 6) is 0. The molecule has 0 saturated heterocycles. The number of aliphatic hydroxyl groups excluding tert-OH is 1. The maximum atomic E-state index is 8.44. The molecule has 0 aliphatic rings. The predicted molar refractivity (Wildman–Crippen MR) is 53.6 cm³/mol. The molecule has 0 fully saturated rings. The molecule has 0 atom stereocenters. The summed E-state index contributed by atoms with van der Waals surface area (Å²) in [6.45, 7) is 5.11. The molecule has 0 amide bonds. The van der Waals surface area contributed by atoms with E-state index in [2.05, 4.69) is 6.92 Å². The van der Waals surface area contributed by atoms with E-state index in [-0.39, 0.29) is 26.1 Å². The van der Waals surface area contributed by atoms with E-state index in [1.165, 1.54) is 0 Å². The molecule has 1 aromatic rings. The van der Waals surface area contributed by atoms with Crippen LogP contribution in [0.1, 0.15) is 12.5 Å². The van der Waals surface area contributed by atoms with Gasteiger partial charge in [0.1, 0.15) is 0 Å². The van der Waals surface area contributed by atoms with E-state index in [4.69, 9.17) is 5.11 Å². The van der Waals surface area contributed by atoms with Crippen LogP contribution in [0, 0.1) is 6.92 Å². The molecule has 0 heterocycles. The Balaban J connectivity index is 0. The van der Waals surface area contributed by atoms with Crippen molar-refractivity contribution >= 4 is 6.08 Å². The summed E-state index contributed by atoms with van der Waals surface area (Å²) in [4.78, 5) is 0. The Hall–Kier alpha value is -0.457. The van der Waals surface area contributed by atoms with E-state index in [1.807, 2.05) is 36.4 Å². The molecule has 0 bridgehead atoms. The third kappa shape index (κ3) is 7.89. The molecule has 0 aliphatic carbocycles. The summed E-state index contributed by atoms with van der Waals surface area (Å²) in [5.41, 5.74) is 1.12. The molecule has 0 spiro atoms. The fourth-order valence-corrected chi connectivity index (χ4v) is 0.753. The predicted octanol–water partition coefficient (Wildman–Crippen LogP) is 2.53. The van der Waals surface area contributed by atoms with Gasteiger partial charge >= 0.3 is 0 Å². The van der Waals surface area contributed by atoms with Gasteiger partial charge < -0.3 is 12.0 Å². The molecule has 0 aliphatic heterocycles. The zero-order valence-corrected chi connectivity index (χ0v) is 11.1. The summed E-state index contributed by atoms with van der Waals surface area (Å²) < 4.78 is 0. The summed E-state index contributed by atoms with van der Waals surface area (Å²) >= 11 is 0. The van der Waals surface area contributed by atoms with Gasteiger partial charge in [-0.2, -0.15) is 6.92 Å². The molecule has 0 aromatic heterocycles. The SMILES string of the molecule is OC/C=C/c1ccccc1.[CH2-]C.[Zn]. The van der Waals surface area contributed by atoms with Gasteiger partial charge in [0.15, 0.2) is 0 Å². The van der Waals surface area contributed by atoms with Crippen molar-refractivity contribution in [2.45, 2.75) is 6.92 Å². The van der Waals surface area contributed by atoms with E-state index in [0.717, 1.165) is 5.56 Å². The van der Waals surface area contributed by atoms with Crippen LogP contribution >= 0.6 is 0 Å². The number of hydrogen-bond donors (Lipinski definition) is 1. The van der Waals surface area contributed by atoms with Crippen LogP contribution in [-0.2, 0) is 19.5 Å². The molecular formula is C11H15OZn-. The Morgan fingerprint density at radius 3 is 2.23 bits per heavy atom. The Morgan fingerprint density at radius 1 is 1.23 bits per heavy atom. The van der Waals surface area contributed by atoms with Crippen LogP contribution in [0.2, 0.25) is 0 Å². The Kier molecular flexibility index (Phi) is 13.4. The second-order valence-electron chi connectivity index (χ2n) is 2.00. The molecule has 1 aromatic carbocycles. The average Bonchev–Trinajstić information content (AvgIpc) is 2.19. The Labute approximate surface area is 93.2 Å². The van der Waals surface area contributed by atoms with Gasteiger partial charge in [-0.3, -0.25) is 0 Å². The minimum absolute atomic E-state index is 0. The normalized spacial score (nSPS) is 8.54. The third-order valence-electron chi connectivity index (χ3n) is 1.22. The first-order valence-electron chi connectivity index (χ1n) is 3.96. The zero-order valence-electron chi connectivity index (χ0n) is 8.11. The second-order valence-corrected chi connectivity index (χ2v) is 2.00. The van der Waals surface area contributed by atoms with E-state index < -0.39 is 0 Å². The molecule has 1 N–H and O–H groups in total. The van der Waals surface area contributed by atoms with Crippen molar-refractivity contribution in [2.24, 2.45) is 0 Å². The van der Waals surface area contributed by atoms with Gasteiger partial charge in [-0.1, -0.05) is 42.5 Å². The molecule has 13 heavy (non-hydrogen) atoms. The van der Waals surface area contributed by atoms with E-state index in [1.54, 1.807) is 13.0 Å². The fraction of sp³-hybridized carbons (Fsp3) is 0.182. The first-order valence-corrected chi connectivity index (χ1v) is 3.96. The molecule has 0 saturated carbocycles. The third-order valence-corrected chi connectivity index (χ3v) is 1.22. The van der Waals surface area contributed by atoms with E-state index in [0.29, 0.717) is 0 Å². The van der Waals surface area contributed by atoms with Gasteiger partial charge in [-0.15, -0.1) is 0 Å². The van der Waals surface area contributed by atoms with Crippen LogP contribution in [0.3, 0.4) is 0 Å². The van der Waals surface area contributed by atoms with Crippen molar-refractivity contribution in [3.63, 3.8) is 0 Å². The quantitative estimate of drug-likeness (QED) is 0.609. The average molecular weight is 229 g/mol. The molecule has 68 valence electrons. The van der Waals surface area contributed by atoms with Crippen molar-refractivity contribution in [2.75, 3.05) is 6.61 Å². The van der Waals surface area contributed by atoms with Crippen molar-refractivity contribution in [1.29, 1.82) is 0 Å². The summed E-state index contributed by atoms with van der Waals surface area (Å²) in [7, 11) is 0. The zero-order chi connectivity index (χ0) is 9.23. The number of aliphatic hydroxyl groups is 1. The first kappa shape index (κ1) is 15.0. The molecule has 0 unspecified atom stereocenters. The van der Waals surface area contributed by atoms with Gasteiger partial charge in [0.05, 0.1) is 6.61 Å². The van der Waals surface area contributed by atoms with Crippen LogP contribution in [0.4, 0.5) is 0 Å². The van der Waals surface area contributed by atoms with Gasteiger partial charge in [-0.05, 0) is 5.56 Å². The van der Waals surface area contributed by atoms with Crippen LogP contribution < -0.4 is 0 Å². The van der Waals surface area contributed by atoms with Crippen LogP contribution in [-0.4, -0.2) is 11.7 Å². The summed E-state index contributed by atoms with van der Waals surface area (Å²) in [5, 5.41) is 8.44. The largest absolute Gasteiger partial charge is 0.392 e. The van der Waals surface area contributed by atoms with Crippen LogP contribution in [0.15, 0.2) is 36.4 Å². The Morgan fingerprint density at radius 2 is 1.77 bits per heavy atom. The topological polar surface area (TPSA) is 20.2 Å². The van der Waals surface area contributed by atoms with E-state index >= 15 is 0 Å². The minimum atomic E-state index is 0. The van der Waals surface area contributed by atoms with E-state index in [9.17, 15) is 0 Å². The molecule has 2 heteroatoms. The summed E-state index contributed by atoms with van der Waals surface area (Å²) in [6.07, 6.45) is 3.61. The molecular weight excluding hydrogens is 214 g/mol. The number of hydrogen-bond acceptors (Lipinski definition) is 1. The second kappa shape index (κ2) is 11.5. The van der Waals surface area contributed by atoms with Crippen molar-refractivity contribution in [3.8, 4) is 0 Å². The minimum Gasteiger partial charge on any atom is -0.392 e. The first-order chi connectivity index (χ1) is 5.93. The fourth-order valence-electron chi connectivity index (χ4n) is 0.753. The van der Waals surface area contributed by atoms with Crippen molar-refractivity contribution in [3.05, 3.63) is 48.9 Å². The van der Waals surface area contributed by atoms with Gasteiger partial charge in [0.25, 0.3) is 0 Å². The number of rotatable bonds is 2. The van der Waals surface area contributed by atoms with Crippen LogP contribution in [0.5, 0.6) is 0 Å². The Bertz CT molecular complexity index is 207. The van der Waals surface area contributed by atoms with Crippen molar-refractivity contribution < 1.29 is 24.6 Å². The smallest absolute Gasteiger partial charge is 0.0615 e. The van der Waals surface area contributed by atoms with Crippen molar-refractivity contribution in [1.82, 2.24) is 0 Å². The maximum Gasteiger partial charge on any atom is 0.0615 e. The molecule has 1 rings (SSSR count). The maximum absolute atomic E-state index is 8.44. The molecule has 0 radical (unpaired) electrons. The van der Waals surface area contributed by atoms with Crippen LogP contribution in [0.25, 0.3) is 6.08 Å². The van der Waals surface area contributed by atoms with Gasteiger partial charge in [0, 0.05) is 19.5 Å². The molecule has 1 nitrogen and oxygen atoms in total. The monoisotopic (exact) mass is 227 g/mol. The van der Waals surface area contributed by atoms with Gasteiger partial charge in [-0.25, -0.2) is 0 Å². The summed E-state index contributed by atoms with van der Waals surface area (Å²) in [6, 6.07) is 9.89. The van der Waals surface area contributed by atoms with Gasteiger partial charge in [0.2, 0.25) is 0 Å². The standard InChI is InChI=1S/C9H10O.C2H5.Zn/c10-8-4-7-9-5-2-1-3-6-9;1-2;/h1-7,10H,8H2;1H2,2H3;/q;-1;/b7-4+;;. The number of benzene rings is 1.